The van der Waals surface area contributed by atoms with E-state index in [-0.39, 0.29) is 18.6 Å². The Morgan fingerprint density at radius 3 is 2.82 bits per heavy atom. The molecule has 0 amide bonds. The van der Waals surface area contributed by atoms with Crippen molar-refractivity contribution in [1.82, 2.24) is 5.32 Å². The Labute approximate surface area is 104 Å². The lowest BCUT2D eigenvalue weighted by Crippen LogP contribution is -2.04. The van der Waals surface area contributed by atoms with Crippen LogP contribution in [0.4, 0.5) is 0 Å². The van der Waals surface area contributed by atoms with Crippen LogP contribution in [0.15, 0.2) is 12.1 Å². The molecule has 17 heavy (non-hydrogen) atoms. The summed E-state index contributed by atoms with van der Waals surface area (Å²) >= 11 is 1.30. The number of carboxylic acid groups (broad SMARTS) is 1. The minimum Gasteiger partial charge on any atom is -0.481 e. The van der Waals surface area contributed by atoms with E-state index in [1.165, 1.54) is 11.3 Å². The molecule has 2 N–H and O–H groups in total. The van der Waals surface area contributed by atoms with Crippen LogP contribution in [-0.4, -0.2) is 30.5 Å². The largest absolute Gasteiger partial charge is 0.481 e. The van der Waals surface area contributed by atoms with Crippen molar-refractivity contribution in [2.45, 2.75) is 12.8 Å². The van der Waals surface area contributed by atoms with E-state index in [0.29, 0.717) is 11.4 Å². The Kier molecular flexibility index (Phi) is 5.40. The summed E-state index contributed by atoms with van der Waals surface area (Å²) in [5.74, 6) is 4.73. The molecule has 0 aromatic carbocycles. The summed E-state index contributed by atoms with van der Waals surface area (Å²) in [6.07, 6.45) is -0.0866. The zero-order chi connectivity index (χ0) is 12.7. The third kappa shape index (κ3) is 4.81. The topological polar surface area (TPSA) is 66.4 Å². The Hall–Kier alpha value is -1.64. The van der Waals surface area contributed by atoms with Crippen LogP contribution in [0.25, 0.3) is 0 Å². The van der Waals surface area contributed by atoms with Crippen molar-refractivity contribution in [2.24, 2.45) is 0 Å². The molecule has 1 rings (SSSR count). The van der Waals surface area contributed by atoms with Gasteiger partial charge in [0.05, 0.1) is 22.7 Å². The van der Waals surface area contributed by atoms with Gasteiger partial charge in [-0.2, -0.15) is 0 Å². The number of carbonyl (C=O) groups is 2. The van der Waals surface area contributed by atoms with Gasteiger partial charge >= 0.3 is 5.97 Å². The van der Waals surface area contributed by atoms with Crippen LogP contribution in [0.1, 0.15) is 27.4 Å². The highest BCUT2D eigenvalue weighted by molar-refractivity contribution is 7.14. The molecule has 0 aliphatic heterocycles. The zero-order valence-corrected chi connectivity index (χ0v) is 10.3. The fourth-order valence-corrected chi connectivity index (χ4v) is 1.97. The molecule has 4 nitrogen and oxygen atoms in total. The van der Waals surface area contributed by atoms with Gasteiger partial charge in [0.1, 0.15) is 0 Å². The zero-order valence-electron chi connectivity index (χ0n) is 9.45. The number of thiophene rings is 1. The molecular formula is C12H13NO3S. The second kappa shape index (κ2) is 6.84. The molecule has 1 heterocycles. The predicted molar refractivity (Wildman–Crippen MR) is 66.3 cm³/mol. The number of hydrogen-bond acceptors (Lipinski definition) is 4. The fourth-order valence-electron chi connectivity index (χ4n) is 1.12. The number of aliphatic carboxylic acids is 1. The van der Waals surface area contributed by atoms with Gasteiger partial charge < -0.3 is 10.4 Å². The first-order valence-electron chi connectivity index (χ1n) is 5.12. The van der Waals surface area contributed by atoms with Crippen molar-refractivity contribution in [1.29, 1.82) is 0 Å². The predicted octanol–water partition coefficient (Wildman–Crippen LogP) is 1.37. The van der Waals surface area contributed by atoms with Gasteiger partial charge in [-0.05, 0) is 19.2 Å². The number of ketones is 1. The Bertz CT molecular complexity index is 468. The van der Waals surface area contributed by atoms with Crippen molar-refractivity contribution in [2.75, 3.05) is 13.6 Å². The van der Waals surface area contributed by atoms with Crippen LogP contribution in [-0.2, 0) is 4.79 Å². The molecule has 0 unspecified atom stereocenters. The fraction of sp³-hybridized carbons (Fsp3) is 0.333. The van der Waals surface area contributed by atoms with E-state index in [2.05, 4.69) is 17.2 Å². The standard InChI is InChI=1S/C12H13NO3S/c1-13-8-2-3-9-4-6-11(17-9)10(14)5-7-12(15)16/h4,6,13H,5,7-8H2,1H3,(H,15,16). The normalized spacial score (nSPS) is 9.47. The Balaban J connectivity index is 2.59. The summed E-state index contributed by atoms with van der Waals surface area (Å²) in [4.78, 5) is 23.3. The lowest BCUT2D eigenvalue weighted by molar-refractivity contribution is -0.136. The SMILES string of the molecule is CNCC#Cc1ccc(C(=O)CCC(=O)O)s1. The molecule has 0 bridgehead atoms. The quantitative estimate of drug-likeness (QED) is 0.612. The summed E-state index contributed by atoms with van der Waals surface area (Å²) in [7, 11) is 1.81. The van der Waals surface area contributed by atoms with E-state index in [0.717, 1.165) is 4.88 Å². The van der Waals surface area contributed by atoms with Crippen molar-refractivity contribution in [3.63, 3.8) is 0 Å². The molecule has 1 aromatic rings. The number of rotatable bonds is 5. The van der Waals surface area contributed by atoms with Gasteiger partial charge in [-0.25, -0.2) is 0 Å². The van der Waals surface area contributed by atoms with Gasteiger partial charge in [0, 0.05) is 6.42 Å². The van der Waals surface area contributed by atoms with Crippen molar-refractivity contribution >= 4 is 23.1 Å². The molecule has 90 valence electrons. The molecule has 0 saturated carbocycles. The van der Waals surface area contributed by atoms with Gasteiger partial charge in [0.25, 0.3) is 0 Å². The van der Waals surface area contributed by atoms with Crippen LogP contribution in [0, 0.1) is 11.8 Å². The van der Waals surface area contributed by atoms with Crippen LogP contribution in [0.3, 0.4) is 0 Å². The molecule has 5 heteroatoms. The van der Waals surface area contributed by atoms with E-state index in [1.54, 1.807) is 12.1 Å². The third-order valence-electron chi connectivity index (χ3n) is 1.92. The summed E-state index contributed by atoms with van der Waals surface area (Å²) in [5.41, 5.74) is 0. The molecule has 0 radical (unpaired) electrons. The number of hydrogen-bond donors (Lipinski definition) is 2. The minimum absolute atomic E-state index is 0.0409. The van der Waals surface area contributed by atoms with Gasteiger partial charge in [0.2, 0.25) is 0 Å². The first kappa shape index (κ1) is 13.4. The Morgan fingerprint density at radius 2 is 2.18 bits per heavy atom. The number of carbonyl (C=O) groups excluding carboxylic acids is 1. The van der Waals surface area contributed by atoms with E-state index in [9.17, 15) is 9.59 Å². The van der Waals surface area contributed by atoms with Crippen LogP contribution < -0.4 is 5.32 Å². The van der Waals surface area contributed by atoms with E-state index < -0.39 is 5.97 Å². The molecule has 0 atom stereocenters. The summed E-state index contributed by atoms with van der Waals surface area (Å²) < 4.78 is 0. The van der Waals surface area contributed by atoms with Gasteiger partial charge in [-0.3, -0.25) is 9.59 Å². The molecule has 0 fully saturated rings. The smallest absolute Gasteiger partial charge is 0.303 e. The highest BCUT2D eigenvalue weighted by Crippen LogP contribution is 2.17. The van der Waals surface area contributed by atoms with E-state index >= 15 is 0 Å². The average Bonchev–Trinajstić information content (AvgIpc) is 2.75. The summed E-state index contributed by atoms with van der Waals surface area (Å²) in [5, 5.41) is 11.4. The lowest BCUT2D eigenvalue weighted by atomic mass is 10.2. The molecule has 0 spiro atoms. The van der Waals surface area contributed by atoms with Crippen LogP contribution in [0.2, 0.25) is 0 Å². The van der Waals surface area contributed by atoms with Crippen LogP contribution in [0.5, 0.6) is 0 Å². The minimum atomic E-state index is -0.955. The first-order valence-corrected chi connectivity index (χ1v) is 5.93. The third-order valence-corrected chi connectivity index (χ3v) is 2.97. The molecule has 0 aliphatic carbocycles. The highest BCUT2D eigenvalue weighted by Gasteiger charge is 2.10. The van der Waals surface area contributed by atoms with E-state index in [1.807, 2.05) is 7.05 Å². The number of Topliss-reactive ketones (excluding diaryl/α,β-unsaturated/α-hetero) is 1. The van der Waals surface area contributed by atoms with Crippen molar-refractivity contribution in [3.05, 3.63) is 21.9 Å². The van der Waals surface area contributed by atoms with Gasteiger partial charge in [0.15, 0.2) is 5.78 Å². The highest BCUT2D eigenvalue weighted by atomic mass is 32.1. The maximum absolute atomic E-state index is 11.6. The Morgan fingerprint density at radius 1 is 1.41 bits per heavy atom. The molecular weight excluding hydrogens is 238 g/mol. The molecule has 0 saturated heterocycles. The summed E-state index contributed by atoms with van der Waals surface area (Å²) in [6.45, 7) is 0.597. The lowest BCUT2D eigenvalue weighted by Gasteiger charge is -1.93. The number of carboxylic acids is 1. The maximum atomic E-state index is 11.6. The first-order chi connectivity index (χ1) is 8.13. The van der Waals surface area contributed by atoms with Crippen molar-refractivity contribution in [3.8, 4) is 11.8 Å². The van der Waals surface area contributed by atoms with Crippen LogP contribution >= 0.6 is 11.3 Å². The van der Waals surface area contributed by atoms with E-state index in [4.69, 9.17) is 5.11 Å². The molecule has 0 aliphatic rings. The molecule has 1 aromatic heterocycles. The summed E-state index contributed by atoms with van der Waals surface area (Å²) in [6, 6.07) is 3.47. The maximum Gasteiger partial charge on any atom is 0.303 e. The van der Waals surface area contributed by atoms with Crippen molar-refractivity contribution < 1.29 is 14.7 Å². The van der Waals surface area contributed by atoms with Gasteiger partial charge in [-0.1, -0.05) is 11.8 Å². The second-order valence-corrected chi connectivity index (χ2v) is 4.40. The average molecular weight is 251 g/mol. The number of nitrogens with one attached hydrogen (secondary N) is 1. The second-order valence-electron chi connectivity index (χ2n) is 3.31. The monoisotopic (exact) mass is 251 g/mol. The van der Waals surface area contributed by atoms with Gasteiger partial charge in [-0.15, -0.1) is 11.3 Å².